The van der Waals surface area contributed by atoms with Gasteiger partial charge in [-0.1, -0.05) is 22.9 Å². The Hall–Kier alpha value is -1.24. The second-order valence-electron chi connectivity index (χ2n) is 4.00. The van der Waals surface area contributed by atoms with Gasteiger partial charge in [-0.3, -0.25) is 0 Å². The molecule has 0 bridgehead atoms. The molecule has 102 valence electrons. The molecule has 0 amide bonds. The number of halogens is 4. The monoisotopic (exact) mass is 374 g/mol. The second kappa shape index (κ2) is 5.27. The van der Waals surface area contributed by atoms with Crippen molar-refractivity contribution in [3.8, 4) is 0 Å². The fraction of sp³-hybridized carbons (Fsp3) is 0. The van der Waals surface area contributed by atoms with Crippen LogP contribution in [0.1, 0.15) is 0 Å². The van der Waals surface area contributed by atoms with Gasteiger partial charge in [0.15, 0.2) is 10.9 Å². The molecule has 0 saturated heterocycles. The average molecular weight is 376 g/mol. The second-order valence-corrected chi connectivity index (χ2v) is 6.32. The highest BCUT2D eigenvalue weighted by Crippen LogP contribution is 2.34. The van der Waals surface area contributed by atoms with Gasteiger partial charge >= 0.3 is 0 Å². The van der Waals surface area contributed by atoms with E-state index in [9.17, 15) is 8.78 Å². The van der Waals surface area contributed by atoms with E-state index in [-0.39, 0.29) is 5.69 Å². The summed E-state index contributed by atoms with van der Waals surface area (Å²) in [4.78, 5) is 4.32. The van der Waals surface area contributed by atoms with Crippen LogP contribution in [-0.2, 0) is 0 Å². The molecule has 0 aliphatic heterocycles. The minimum absolute atomic E-state index is 0.150. The predicted octanol–water partition coefficient (Wildman–Crippen LogP) is 5.73. The quantitative estimate of drug-likeness (QED) is 0.618. The number of anilines is 2. The van der Waals surface area contributed by atoms with Gasteiger partial charge in [-0.25, -0.2) is 13.8 Å². The summed E-state index contributed by atoms with van der Waals surface area (Å²) in [6, 6.07) is 7.32. The molecule has 7 heteroatoms. The molecule has 0 saturated carbocycles. The summed E-state index contributed by atoms with van der Waals surface area (Å²) in [5.41, 5.74) is 0.914. The highest BCUT2D eigenvalue weighted by atomic mass is 79.9. The third kappa shape index (κ3) is 2.63. The van der Waals surface area contributed by atoms with Gasteiger partial charge in [0, 0.05) is 15.6 Å². The van der Waals surface area contributed by atoms with E-state index < -0.39 is 11.6 Å². The zero-order valence-corrected chi connectivity index (χ0v) is 12.9. The number of rotatable bonds is 2. The Bertz CT molecular complexity index is 783. The van der Waals surface area contributed by atoms with Gasteiger partial charge in [0.25, 0.3) is 0 Å². The summed E-state index contributed by atoms with van der Waals surface area (Å²) in [6.45, 7) is 0. The molecule has 0 atom stereocenters. The van der Waals surface area contributed by atoms with Crippen LogP contribution in [0.5, 0.6) is 0 Å². The number of nitrogens with zero attached hydrogens (tertiary/aromatic N) is 1. The first-order valence-electron chi connectivity index (χ1n) is 5.50. The number of hydrogen-bond donors (Lipinski definition) is 1. The zero-order valence-electron chi connectivity index (χ0n) is 9.75. The SMILES string of the molecule is Fc1cc(F)c(Nc2nc3ccc(Cl)cc3s2)c(Br)c1. The topological polar surface area (TPSA) is 24.9 Å². The first kappa shape index (κ1) is 13.7. The molecule has 0 aliphatic carbocycles. The first-order valence-corrected chi connectivity index (χ1v) is 7.49. The number of hydrogen-bond acceptors (Lipinski definition) is 3. The van der Waals surface area contributed by atoms with Gasteiger partial charge in [0.05, 0.1) is 15.9 Å². The van der Waals surface area contributed by atoms with Crippen molar-refractivity contribution in [3.05, 3.63) is 51.5 Å². The zero-order chi connectivity index (χ0) is 14.3. The van der Waals surface area contributed by atoms with Crippen LogP contribution in [0.2, 0.25) is 5.02 Å². The molecular weight excluding hydrogens is 370 g/mol. The Balaban J connectivity index is 2.01. The molecule has 3 aromatic rings. The molecule has 2 nitrogen and oxygen atoms in total. The average Bonchev–Trinajstić information content (AvgIpc) is 2.75. The molecule has 1 aromatic heterocycles. The number of aromatic nitrogens is 1. The molecule has 3 rings (SSSR count). The summed E-state index contributed by atoms with van der Waals surface area (Å²) in [5.74, 6) is -1.33. The van der Waals surface area contributed by atoms with E-state index in [2.05, 4.69) is 26.2 Å². The largest absolute Gasteiger partial charge is 0.328 e. The first-order chi connectivity index (χ1) is 9.52. The van der Waals surface area contributed by atoms with E-state index in [0.29, 0.717) is 14.6 Å². The minimum Gasteiger partial charge on any atom is -0.328 e. The Morgan fingerprint density at radius 3 is 2.75 bits per heavy atom. The van der Waals surface area contributed by atoms with E-state index in [1.807, 2.05) is 0 Å². The predicted molar refractivity (Wildman–Crippen MR) is 82.0 cm³/mol. The van der Waals surface area contributed by atoms with E-state index >= 15 is 0 Å². The summed E-state index contributed by atoms with van der Waals surface area (Å²) in [5, 5.41) is 3.97. The molecule has 0 spiro atoms. The molecule has 1 heterocycles. The van der Waals surface area contributed by atoms with Crippen LogP contribution in [0.15, 0.2) is 34.8 Å². The minimum atomic E-state index is -0.686. The Labute approximate surface area is 130 Å². The third-order valence-electron chi connectivity index (χ3n) is 2.59. The van der Waals surface area contributed by atoms with Crippen LogP contribution in [0.3, 0.4) is 0 Å². The van der Waals surface area contributed by atoms with Crippen molar-refractivity contribution >= 4 is 59.9 Å². The molecule has 0 radical (unpaired) electrons. The lowest BCUT2D eigenvalue weighted by Crippen LogP contribution is -1.95. The van der Waals surface area contributed by atoms with Crippen molar-refractivity contribution in [2.45, 2.75) is 0 Å². The van der Waals surface area contributed by atoms with Crippen molar-refractivity contribution in [3.63, 3.8) is 0 Å². The van der Waals surface area contributed by atoms with E-state index in [0.717, 1.165) is 16.3 Å². The standard InChI is InChI=1S/C13H6BrClF2N2S/c14-8-4-7(16)5-9(17)12(8)19-13-18-10-2-1-6(15)3-11(10)20-13/h1-5H,(H,18,19). The molecule has 0 aliphatic rings. The highest BCUT2D eigenvalue weighted by Gasteiger charge is 2.12. The Kier molecular flexibility index (Phi) is 3.62. The van der Waals surface area contributed by atoms with Gasteiger partial charge in [-0.05, 0) is 40.2 Å². The number of benzene rings is 2. The summed E-state index contributed by atoms with van der Waals surface area (Å²) in [6.07, 6.45) is 0. The summed E-state index contributed by atoms with van der Waals surface area (Å²) >= 11 is 10.4. The van der Waals surface area contributed by atoms with Gasteiger partial charge < -0.3 is 5.32 Å². The van der Waals surface area contributed by atoms with Crippen molar-refractivity contribution in [2.24, 2.45) is 0 Å². The number of fused-ring (bicyclic) bond motifs is 1. The maximum absolute atomic E-state index is 13.7. The van der Waals surface area contributed by atoms with Crippen molar-refractivity contribution in [1.82, 2.24) is 4.98 Å². The highest BCUT2D eigenvalue weighted by molar-refractivity contribution is 9.10. The van der Waals surface area contributed by atoms with E-state index in [1.54, 1.807) is 18.2 Å². The van der Waals surface area contributed by atoms with E-state index in [1.165, 1.54) is 17.4 Å². The Morgan fingerprint density at radius 2 is 2.00 bits per heavy atom. The van der Waals surface area contributed by atoms with Crippen LogP contribution < -0.4 is 5.32 Å². The third-order valence-corrected chi connectivity index (χ3v) is 4.38. The van der Waals surface area contributed by atoms with Gasteiger partial charge in [-0.15, -0.1) is 0 Å². The summed E-state index contributed by atoms with van der Waals surface area (Å²) < 4.78 is 28.0. The molecule has 0 unspecified atom stereocenters. The fourth-order valence-electron chi connectivity index (χ4n) is 1.72. The van der Waals surface area contributed by atoms with Crippen LogP contribution in [-0.4, -0.2) is 4.98 Å². The van der Waals surface area contributed by atoms with Crippen molar-refractivity contribution < 1.29 is 8.78 Å². The lowest BCUT2D eigenvalue weighted by molar-refractivity contribution is 0.584. The van der Waals surface area contributed by atoms with Gasteiger partial charge in [0.1, 0.15) is 5.82 Å². The smallest absolute Gasteiger partial charge is 0.188 e. The molecular formula is C13H6BrClF2N2S. The lowest BCUT2D eigenvalue weighted by Gasteiger charge is -2.06. The number of thiazole rings is 1. The van der Waals surface area contributed by atoms with Crippen LogP contribution in [0.4, 0.5) is 19.6 Å². The molecule has 1 N–H and O–H groups in total. The molecule has 20 heavy (non-hydrogen) atoms. The van der Waals surface area contributed by atoms with Crippen LogP contribution in [0, 0.1) is 11.6 Å². The maximum Gasteiger partial charge on any atom is 0.188 e. The summed E-state index contributed by atoms with van der Waals surface area (Å²) in [7, 11) is 0. The maximum atomic E-state index is 13.7. The normalized spacial score (nSPS) is 11.0. The fourth-order valence-corrected chi connectivity index (χ4v) is 3.37. The van der Waals surface area contributed by atoms with Gasteiger partial charge in [0.2, 0.25) is 0 Å². The Morgan fingerprint density at radius 1 is 1.20 bits per heavy atom. The van der Waals surface area contributed by atoms with E-state index in [4.69, 9.17) is 11.6 Å². The van der Waals surface area contributed by atoms with Crippen LogP contribution in [0.25, 0.3) is 10.2 Å². The lowest BCUT2D eigenvalue weighted by atomic mass is 10.3. The molecule has 0 fully saturated rings. The van der Waals surface area contributed by atoms with Gasteiger partial charge in [-0.2, -0.15) is 0 Å². The van der Waals surface area contributed by atoms with Crippen molar-refractivity contribution in [2.75, 3.05) is 5.32 Å². The van der Waals surface area contributed by atoms with Crippen molar-refractivity contribution in [1.29, 1.82) is 0 Å². The van der Waals surface area contributed by atoms with Crippen LogP contribution >= 0.6 is 38.9 Å². The number of nitrogens with one attached hydrogen (secondary N) is 1. The molecule has 2 aromatic carbocycles.